The van der Waals surface area contributed by atoms with Gasteiger partial charge in [0.25, 0.3) is 11.8 Å². The van der Waals surface area contributed by atoms with Gasteiger partial charge in [0, 0.05) is 33.3 Å². The average molecular weight is 576 g/mol. The molecule has 1 aromatic carbocycles. The SMILES string of the molecule is COCCNCc1ccc2c(c1)nc(NC(=O)c1ccc(-c3cnco3)s1)n2C[C@H]1CCCN1C(=O)/C(C#N)=C/O. The lowest BCUT2D eigenvalue weighted by Gasteiger charge is -2.25. The number of thiophene rings is 1. The second-order valence-corrected chi connectivity index (χ2v) is 10.6. The fourth-order valence-electron chi connectivity index (χ4n) is 4.86. The molecule has 12 nitrogen and oxygen atoms in total. The summed E-state index contributed by atoms with van der Waals surface area (Å²) in [4.78, 5) is 37.8. The molecule has 3 aromatic heterocycles. The number of hydrogen-bond acceptors (Lipinski definition) is 10. The van der Waals surface area contributed by atoms with Gasteiger partial charge in [0.1, 0.15) is 12.3 Å². The van der Waals surface area contributed by atoms with E-state index in [4.69, 9.17) is 14.1 Å². The molecular weight excluding hydrogens is 546 g/mol. The van der Waals surface area contributed by atoms with Gasteiger partial charge in [-0.15, -0.1) is 11.3 Å². The molecule has 0 bridgehead atoms. The highest BCUT2D eigenvalue weighted by Gasteiger charge is 2.32. The molecule has 1 saturated heterocycles. The van der Waals surface area contributed by atoms with Crippen LogP contribution in [0.4, 0.5) is 5.95 Å². The zero-order valence-electron chi connectivity index (χ0n) is 22.4. The van der Waals surface area contributed by atoms with Gasteiger partial charge >= 0.3 is 0 Å². The minimum Gasteiger partial charge on any atom is -0.514 e. The highest BCUT2D eigenvalue weighted by molar-refractivity contribution is 7.17. The van der Waals surface area contributed by atoms with Gasteiger partial charge in [-0.2, -0.15) is 5.26 Å². The number of benzene rings is 1. The van der Waals surface area contributed by atoms with Gasteiger partial charge in [-0.3, -0.25) is 14.9 Å². The van der Waals surface area contributed by atoms with Crippen molar-refractivity contribution in [3.05, 3.63) is 65.2 Å². The van der Waals surface area contributed by atoms with Gasteiger partial charge in [0.2, 0.25) is 5.95 Å². The van der Waals surface area contributed by atoms with E-state index >= 15 is 0 Å². The Hall–Kier alpha value is -4.51. The standard InChI is InChI=1S/C28H29N7O5S/c1-39-10-8-30-13-18-4-5-22-21(11-18)32-28(33-26(37)25-7-6-24(41-25)23-14-31-17-40-23)35(22)15-20-3-2-9-34(20)27(38)19(12-29)16-36/h4-7,11,14,16-17,20,30,36H,2-3,8-10,13,15H2,1H3,(H,32,33,37)/b19-16+/t20-/m1/s1. The zero-order valence-corrected chi connectivity index (χ0v) is 23.2. The smallest absolute Gasteiger partial charge is 0.268 e. The number of methoxy groups -OCH3 is 1. The van der Waals surface area contributed by atoms with Crippen LogP contribution in [0.3, 0.4) is 0 Å². The van der Waals surface area contributed by atoms with Gasteiger partial charge in [-0.05, 0) is 42.7 Å². The van der Waals surface area contributed by atoms with Crippen molar-refractivity contribution in [2.45, 2.75) is 32.0 Å². The van der Waals surface area contributed by atoms with E-state index in [1.54, 1.807) is 36.4 Å². The van der Waals surface area contributed by atoms with Gasteiger partial charge in [-0.1, -0.05) is 6.07 Å². The van der Waals surface area contributed by atoms with Crippen LogP contribution in [0.1, 0.15) is 28.1 Å². The Morgan fingerprint density at radius 1 is 1.34 bits per heavy atom. The molecule has 212 valence electrons. The Bertz CT molecular complexity index is 1600. The summed E-state index contributed by atoms with van der Waals surface area (Å²) in [6.07, 6.45) is 4.94. The number of fused-ring (bicyclic) bond motifs is 1. The zero-order chi connectivity index (χ0) is 28.8. The summed E-state index contributed by atoms with van der Waals surface area (Å²) in [6, 6.07) is 10.9. The number of imidazole rings is 1. The van der Waals surface area contributed by atoms with E-state index in [0.29, 0.717) is 67.6 Å². The Balaban J connectivity index is 1.44. The van der Waals surface area contributed by atoms with E-state index in [1.807, 2.05) is 22.8 Å². The van der Waals surface area contributed by atoms with Gasteiger partial charge in [-0.25, -0.2) is 9.97 Å². The van der Waals surface area contributed by atoms with Crippen LogP contribution in [-0.2, 0) is 22.6 Å². The number of nitriles is 1. The highest BCUT2D eigenvalue weighted by Crippen LogP contribution is 2.30. The van der Waals surface area contributed by atoms with Crippen molar-refractivity contribution in [2.75, 3.05) is 32.1 Å². The highest BCUT2D eigenvalue weighted by atomic mass is 32.1. The maximum Gasteiger partial charge on any atom is 0.268 e. The summed E-state index contributed by atoms with van der Waals surface area (Å²) in [7, 11) is 1.65. The topological polar surface area (TPSA) is 159 Å². The first-order valence-corrected chi connectivity index (χ1v) is 13.9. The number of anilines is 1. The number of carbonyl (C=O) groups is 2. The Morgan fingerprint density at radius 2 is 2.22 bits per heavy atom. The maximum absolute atomic E-state index is 13.3. The molecule has 5 rings (SSSR count). The second-order valence-electron chi connectivity index (χ2n) is 9.47. The normalized spacial score (nSPS) is 15.4. The molecule has 0 saturated carbocycles. The predicted molar refractivity (Wildman–Crippen MR) is 152 cm³/mol. The van der Waals surface area contributed by atoms with Crippen molar-refractivity contribution in [1.29, 1.82) is 5.26 Å². The fraction of sp³-hybridized carbons (Fsp3) is 0.321. The molecule has 1 aliphatic heterocycles. The van der Waals surface area contributed by atoms with Gasteiger partial charge in [0.15, 0.2) is 17.7 Å². The first kappa shape index (κ1) is 28.0. The van der Waals surface area contributed by atoms with E-state index in [-0.39, 0.29) is 17.5 Å². The third-order valence-corrected chi connectivity index (χ3v) is 7.96. The lowest BCUT2D eigenvalue weighted by atomic mass is 10.1. The van der Waals surface area contributed by atoms with Crippen LogP contribution < -0.4 is 10.6 Å². The Kier molecular flexibility index (Phi) is 8.73. The monoisotopic (exact) mass is 575 g/mol. The van der Waals surface area contributed by atoms with Crippen LogP contribution >= 0.6 is 11.3 Å². The third-order valence-electron chi connectivity index (χ3n) is 6.87. The largest absolute Gasteiger partial charge is 0.514 e. The van der Waals surface area contributed by atoms with Crippen LogP contribution in [0.5, 0.6) is 0 Å². The summed E-state index contributed by atoms with van der Waals surface area (Å²) < 4.78 is 12.3. The lowest BCUT2D eigenvalue weighted by molar-refractivity contribution is -0.127. The molecule has 0 aliphatic carbocycles. The van der Waals surface area contributed by atoms with Crippen molar-refractivity contribution in [3.63, 3.8) is 0 Å². The molecule has 4 aromatic rings. The fourth-order valence-corrected chi connectivity index (χ4v) is 5.71. The van der Waals surface area contributed by atoms with Gasteiger partial charge in [0.05, 0.1) is 39.6 Å². The Labute approximate surface area is 239 Å². The van der Waals surface area contributed by atoms with Crippen LogP contribution in [0.15, 0.2) is 59.2 Å². The maximum atomic E-state index is 13.3. The van der Waals surface area contributed by atoms with Crippen LogP contribution in [0.25, 0.3) is 21.7 Å². The number of nitrogens with zero attached hydrogens (tertiary/aromatic N) is 5. The van der Waals surface area contributed by atoms with E-state index in [0.717, 1.165) is 22.4 Å². The van der Waals surface area contributed by atoms with Crippen molar-refractivity contribution in [1.82, 2.24) is 24.8 Å². The summed E-state index contributed by atoms with van der Waals surface area (Å²) >= 11 is 1.28. The van der Waals surface area contributed by atoms with Crippen LogP contribution in [0.2, 0.25) is 0 Å². The van der Waals surface area contributed by atoms with E-state index in [9.17, 15) is 20.0 Å². The minimum atomic E-state index is -0.518. The molecular formula is C28H29N7O5S. The number of hydrogen-bond donors (Lipinski definition) is 3. The molecule has 3 N–H and O–H groups in total. The number of aromatic nitrogens is 3. The molecule has 4 heterocycles. The number of aliphatic hydroxyl groups is 1. The molecule has 0 radical (unpaired) electrons. The van der Waals surface area contributed by atoms with E-state index < -0.39 is 5.91 Å². The average Bonchev–Trinajstić information content (AvgIpc) is 3.79. The number of oxazole rings is 1. The third kappa shape index (κ3) is 6.14. The summed E-state index contributed by atoms with van der Waals surface area (Å²) in [6.45, 7) is 2.75. The number of amides is 2. The Morgan fingerprint density at radius 3 is 2.98 bits per heavy atom. The van der Waals surface area contributed by atoms with Crippen molar-refractivity contribution in [3.8, 4) is 16.7 Å². The first-order chi connectivity index (χ1) is 20.0. The van der Waals surface area contributed by atoms with Crippen LogP contribution in [-0.4, -0.2) is 69.2 Å². The number of nitrogens with one attached hydrogen (secondary N) is 2. The lowest BCUT2D eigenvalue weighted by Crippen LogP contribution is -2.39. The quantitative estimate of drug-likeness (QED) is 0.105. The van der Waals surface area contributed by atoms with Crippen molar-refractivity contribution < 1.29 is 23.8 Å². The molecule has 41 heavy (non-hydrogen) atoms. The van der Waals surface area contributed by atoms with E-state index in [2.05, 4.69) is 15.6 Å². The summed E-state index contributed by atoms with van der Waals surface area (Å²) in [5.74, 6) is 0.0813. The number of ether oxygens (including phenoxy) is 1. The summed E-state index contributed by atoms with van der Waals surface area (Å²) in [5.41, 5.74) is 2.21. The first-order valence-electron chi connectivity index (χ1n) is 13.1. The minimum absolute atomic E-state index is 0.256. The summed E-state index contributed by atoms with van der Waals surface area (Å²) in [5, 5.41) is 24.9. The molecule has 1 aliphatic rings. The predicted octanol–water partition coefficient (Wildman–Crippen LogP) is 3.70. The number of rotatable bonds is 11. The van der Waals surface area contributed by atoms with Crippen molar-refractivity contribution >= 4 is 40.1 Å². The number of likely N-dealkylation sites (tertiary alicyclic amines) is 1. The second kappa shape index (κ2) is 12.8. The molecule has 13 heteroatoms. The number of aliphatic hydroxyl groups excluding tert-OH is 1. The molecule has 2 amide bonds. The molecule has 0 unspecified atom stereocenters. The molecule has 1 atom stereocenters. The number of carbonyl (C=O) groups excluding carboxylic acids is 2. The molecule has 0 spiro atoms. The van der Waals surface area contributed by atoms with E-state index in [1.165, 1.54) is 17.7 Å². The van der Waals surface area contributed by atoms with Crippen LogP contribution in [0, 0.1) is 11.3 Å². The molecule has 1 fully saturated rings. The van der Waals surface area contributed by atoms with Crippen molar-refractivity contribution in [2.24, 2.45) is 0 Å². The van der Waals surface area contributed by atoms with Gasteiger partial charge < -0.3 is 29.0 Å².